The molecule has 4 heterocycles. The minimum absolute atomic E-state index is 0.0786. The molecular weight excluding hydrogens is 416 g/mol. The smallest absolute Gasteiger partial charge is 0.277 e. The van der Waals surface area contributed by atoms with Gasteiger partial charge in [-0.05, 0) is 30.5 Å². The van der Waals surface area contributed by atoms with Gasteiger partial charge in [0.15, 0.2) is 12.2 Å². The van der Waals surface area contributed by atoms with E-state index in [1.165, 1.54) is 6.39 Å². The van der Waals surface area contributed by atoms with Crippen molar-refractivity contribution >= 4 is 28.6 Å². The lowest BCUT2D eigenvalue weighted by Crippen LogP contribution is -2.44. The van der Waals surface area contributed by atoms with Gasteiger partial charge in [-0.1, -0.05) is 29.8 Å². The summed E-state index contributed by atoms with van der Waals surface area (Å²) in [6, 6.07) is 9.60. The number of oxazole rings is 1. The molecule has 0 radical (unpaired) electrons. The topological polar surface area (TPSA) is 95.1 Å². The van der Waals surface area contributed by atoms with Crippen LogP contribution in [0.4, 0.5) is 5.95 Å². The largest absolute Gasteiger partial charge is 0.442 e. The minimum Gasteiger partial charge on any atom is -0.442 e. The molecule has 5 rings (SSSR count). The van der Waals surface area contributed by atoms with Crippen LogP contribution >= 0.6 is 11.6 Å². The summed E-state index contributed by atoms with van der Waals surface area (Å²) in [4.78, 5) is 24.5. The number of anilines is 1. The Morgan fingerprint density at radius 3 is 2.90 bits per heavy atom. The molecule has 0 bridgehead atoms. The van der Waals surface area contributed by atoms with Gasteiger partial charge >= 0.3 is 0 Å². The summed E-state index contributed by atoms with van der Waals surface area (Å²) in [5.41, 5.74) is 8.77. The predicted octanol–water partition coefficient (Wildman–Crippen LogP) is 3.02. The molecule has 31 heavy (non-hydrogen) atoms. The highest BCUT2D eigenvalue weighted by Gasteiger charge is 2.25. The first-order valence-corrected chi connectivity index (χ1v) is 10.6. The number of imidazole rings is 1. The molecule has 2 N–H and O–H groups in total. The van der Waals surface area contributed by atoms with Crippen molar-refractivity contribution in [2.45, 2.75) is 25.4 Å². The standard InChI is InChI=1S/C22H23ClN6O2/c1-27-18(19-10-25-13-31-19)9-17-20(21(27)30)29(11-14-5-2-3-7-16(14)23)22(26-17)28-8-4-6-15(24)12-28/h2-3,5,7,9-10,13,15H,4,6,8,11-12,24H2,1H3/t15-/m1/s1. The van der Waals surface area contributed by atoms with Crippen LogP contribution in [0.3, 0.4) is 0 Å². The molecule has 0 saturated carbocycles. The molecule has 1 saturated heterocycles. The van der Waals surface area contributed by atoms with Crippen molar-refractivity contribution in [3.63, 3.8) is 0 Å². The van der Waals surface area contributed by atoms with Crippen molar-refractivity contribution in [3.8, 4) is 11.5 Å². The molecule has 4 aromatic rings. The number of rotatable bonds is 4. The third kappa shape index (κ3) is 3.51. The maximum atomic E-state index is 13.5. The van der Waals surface area contributed by atoms with E-state index in [2.05, 4.69) is 9.88 Å². The van der Waals surface area contributed by atoms with E-state index < -0.39 is 0 Å². The minimum atomic E-state index is -0.156. The average Bonchev–Trinajstić information content (AvgIpc) is 3.41. The lowest BCUT2D eigenvalue weighted by molar-refractivity contribution is 0.495. The Balaban J connectivity index is 1.73. The number of pyridine rings is 1. The Morgan fingerprint density at radius 2 is 2.16 bits per heavy atom. The van der Waals surface area contributed by atoms with E-state index in [1.54, 1.807) is 17.8 Å². The Morgan fingerprint density at radius 1 is 1.32 bits per heavy atom. The van der Waals surface area contributed by atoms with Gasteiger partial charge < -0.3 is 24.2 Å². The molecule has 1 fully saturated rings. The molecule has 9 heteroatoms. The van der Waals surface area contributed by atoms with Crippen molar-refractivity contribution in [1.29, 1.82) is 0 Å². The lowest BCUT2D eigenvalue weighted by Gasteiger charge is -2.32. The molecular formula is C22H23ClN6O2. The van der Waals surface area contributed by atoms with E-state index in [4.69, 9.17) is 26.7 Å². The van der Waals surface area contributed by atoms with Gasteiger partial charge in [0.05, 0.1) is 24.0 Å². The van der Waals surface area contributed by atoms with Gasteiger partial charge in [0.2, 0.25) is 5.95 Å². The second-order valence-electron chi connectivity index (χ2n) is 7.93. The van der Waals surface area contributed by atoms with Gasteiger partial charge in [0, 0.05) is 31.2 Å². The summed E-state index contributed by atoms with van der Waals surface area (Å²) < 4.78 is 8.96. The molecule has 1 aliphatic rings. The summed E-state index contributed by atoms with van der Waals surface area (Å²) in [6.07, 6.45) is 4.91. The zero-order valence-corrected chi connectivity index (χ0v) is 17.9. The summed E-state index contributed by atoms with van der Waals surface area (Å²) in [5.74, 6) is 1.25. The monoisotopic (exact) mass is 438 g/mol. The van der Waals surface area contributed by atoms with Crippen LogP contribution in [0.1, 0.15) is 18.4 Å². The Labute approximate surface area is 183 Å². The second kappa shape index (κ2) is 7.86. The zero-order valence-electron chi connectivity index (χ0n) is 17.2. The third-order valence-corrected chi connectivity index (χ3v) is 6.20. The van der Waals surface area contributed by atoms with Crippen LogP contribution in [-0.2, 0) is 13.6 Å². The maximum absolute atomic E-state index is 13.5. The van der Waals surface area contributed by atoms with Crippen LogP contribution in [0, 0.1) is 0 Å². The molecule has 0 amide bonds. The van der Waals surface area contributed by atoms with Gasteiger partial charge in [-0.3, -0.25) is 4.79 Å². The number of nitrogens with two attached hydrogens (primary N) is 1. The van der Waals surface area contributed by atoms with E-state index >= 15 is 0 Å². The Bertz CT molecular complexity index is 1290. The normalized spacial score (nSPS) is 16.9. The van der Waals surface area contributed by atoms with Gasteiger partial charge in [0.1, 0.15) is 5.52 Å². The van der Waals surface area contributed by atoms with Gasteiger partial charge in [-0.15, -0.1) is 0 Å². The Hall–Kier alpha value is -3.10. The molecule has 160 valence electrons. The summed E-state index contributed by atoms with van der Waals surface area (Å²) >= 11 is 6.45. The van der Waals surface area contributed by atoms with Crippen LogP contribution < -0.4 is 16.2 Å². The fraction of sp³-hybridized carbons (Fsp3) is 0.318. The highest BCUT2D eigenvalue weighted by Crippen LogP contribution is 2.28. The van der Waals surface area contributed by atoms with Crippen LogP contribution in [0.25, 0.3) is 22.5 Å². The zero-order chi connectivity index (χ0) is 21.5. The van der Waals surface area contributed by atoms with E-state index in [1.807, 2.05) is 34.9 Å². The highest BCUT2D eigenvalue weighted by atomic mass is 35.5. The number of fused-ring (bicyclic) bond motifs is 1. The fourth-order valence-corrected chi connectivity index (χ4v) is 4.43. The molecule has 1 atom stereocenters. The van der Waals surface area contributed by atoms with Crippen molar-refractivity contribution in [3.05, 3.63) is 63.9 Å². The second-order valence-corrected chi connectivity index (χ2v) is 8.34. The first-order chi connectivity index (χ1) is 15.0. The number of benzene rings is 1. The first-order valence-electron chi connectivity index (χ1n) is 10.3. The summed E-state index contributed by atoms with van der Waals surface area (Å²) in [5, 5.41) is 0.653. The number of halogens is 1. The SMILES string of the molecule is Cn1c(-c2cnco2)cc2nc(N3CCC[C@@H](N)C3)n(Cc3ccccc3Cl)c2c1=O. The Kier molecular flexibility index (Phi) is 5.03. The van der Waals surface area contributed by atoms with Crippen molar-refractivity contribution in [1.82, 2.24) is 19.1 Å². The number of hydrogen-bond donors (Lipinski definition) is 1. The van der Waals surface area contributed by atoms with Crippen molar-refractivity contribution in [2.24, 2.45) is 12.8 Å². The van der Waals surface area contributed by atoms with E-state index in [0.29, 0.717) is 40.6 Å². The molecule has 1 aliphatic heterocycles. The summed E-state index contributed by atoms with van der Waals surface area (Å²) in [6.45, 7) is 1.98. The quantitative estimate of drug-likeness (QED) is 0.526. The fourth-order valence-electron chi connectivity index (χ4n) is 4.24. The van der Waals surface area contributed by atoms with E-state index in [9.17, 15) is 4.79 Å². The summed E-state index contributed by atoms with van der Waals surface area (Å²) in [7, 11) is 1.73. The molecule has 1 aromatic carbocycles. The highest BCUT2D eigenvalue weighted by molar-refractivity contribution is 6.31. The molecule has 3 aromatic heterocycles. The van der Waals surface area contributed by atoms with Crippen LogP contribution in [0.15, 0.2) is 52.1 Å². The molecule has 8 nitrogen and oxygen atoms in total. The molecule has 0 aliphatic carbocycles. The molecule has 0 unspecified atom stereocenters. The maximum Gasteiger partial charge on any atom is 0.277 e. The third-order valence-electron chi connectivity index (χ3n) is 5.83. The first kappa shape index (κ1) is 19.8. The van der Waals surface area contributed by atoms with Crippen LogP contribution in [0.5, 0.6) is 0 Å². The predicted molar refractivity (Wildman–Crippen MR) is 120 cm³/mol. The van der Waals surface area contributed by atoms with Crippen LogP contribution in [-0.4, -0.2) is 38.2 Å². The number of nitrogens with zero attached hydrogens (tertiary/aromatic N) is 5. The van der Waals surface area contributed by atoms with Crippen LogP contribution in [0.2, 0.25) is 5.02 Å². The number of hydrogen-bond acceptors (Lipinski definition) is 6. The van der Waals surface area contributed by atoms with Gasteiger partial charge in [-0.2, -0.15) is 0 Å². The van der Waals surface area contributed by atoms with E-state index in [-0.39, 0.29) is 11.6 Å². The number of piperidine rings is 1. The van der Waals surface area contributed by atoms with Crippen molar-refractivity contribution < 1.29 is 4.42 Å². The van der Waals surface area contributed by atoms with Crippen molar-refractivity contribution in [2.75, 3.05) is 18.0 Å². The molecule has 0 spiro atoms. The average molecular weight is 439 g/mol. The van der Waals surface area contributed by atoms with E-state index in [0.717, 1.165) is 30.9 Å². The lowest BCUT2D eigenvalue weighted by atomic mass is 10.1. The van der Waals surface area contributed by atoms with Gasteiger partial charge in [0.25, 0.3) is 5.56 Å². The number of aromatic nitrogens is 4. The van der Waals surface area contributed by atoms with Gasteiger partial charge in [-0.25, -0.2) is 9.97 Å².